The van der Waals surface area contributed by atoms with E-state index in [1.807, 2.05) is 6.07 Å². The molecule has 1 aromatic carbocycles. The third-order valence-corrected chi connectivity index (χ3v) is 4.89. The van der Waals surface area contributed by atoms with Crippen LogP contribution in [-0.4, -0.2) is 17.8 Å². The van der Waals surface area contributed by atoms with Crippen LogP contribution in [0.4, 0.5) is 4.39 Å². The summed E-state index contributed by atoms with van der Waals surface area (Å²) in [6.45, 7) is 4.52. The van der Waals surface area contributed by atoms with Crippen molar-refractivity contribution in [2.24, 2.45) is 11.8 Å². The maximum Gasteiger partial charge on any atom is 0.165 e. The minimum Gasteiger partial charge on any atom is -0.494 e. The second kappa shape index (κ2) is 6.78. The van der Waals surface area contributed by atoms with Crippen molar-refractivity contribution in [3.63, 3.8) is 0 Å². The van der Waals surface area contributed by atoms with Crippen LogP contribution in [0.25, 0.3) is 0 Å². The molecule has 2 nitrogen and oxygen atoms in total. The lowest BCUT2D eigenvalue weighted by Crippen LogP contribution is -2.30. The molecule has 0 aromatic heterocycles. The standard InChI is InChI=1S/C18H27FO2/c1-13(2)15-5-4-9-18(20,10-8-15)12-14-6-7-17(21-3)16(19)11-14/h6-7,11,13,15,20H,4-5,8-10,12H2,1-3H3. The zero-order valence-electron chi connectivity index (χ0n) is 13.4. The Hall–Kier alpha value is -1.09. The van der Waals surface area contributed by atoms with Crippen molar-refractivity contribution < 1.29 is 14.2 Å². The fourth-order valence-corrected chi connectivity index (χ4v) is 3.46. The molecule has 118 valence electrons. The Kier molecular flexibility index (Phi) is 5.26. The molecule has 1 aromatic rings. The van der Waals surface area contributed by atoms with E-state index in [1.54, 1.807) is 6.07 Å². The highest BCUT2D eigenvalue weighted by molar-refractivity contribution is 5.30. The van der Waals surface area contributed by atoms with Crippen LogP contribution in [0.2, 0.25) is 0 Å². The van der Waals surface area contributed by atoms with Crippen LogP contribution < -0.4 is 4.74 Å². The topological polar surface area (TPSA) is 29.5 Å². The van der Waals surface area contributed by atoms with Gasteiger partial charge in [0.25, 0.3) is 0 Å². The SMILES string of the molecule is COc1ccc(CC2(O)CCCC(C(C)C)CC2)cc1F. The first kappa shape index (κ1) is 16.3. The van der Waals surface area contributed by atoms with Crippen molar-refractivity contribution in [1.29, 1.82) is 0 Å². The molecular weight excluding hydrogens is 267 g/mol. The van der Waals surface area contributed by atoms with Gasteiger partial charge in [-0.2, -0.15) is 0 Å². The number of aliphatic hydroxyl groups is 1. The lowest BCUT2D eigenvalue weighted by Gasteiger charge is -2.27. The molecule has 0 saturated heterocycles. The summed E-state index contributed by atoms with van der Waals surface area (Å²) in [5.74, 6) is 1.27. The van der Waals surface area contributed by atoms with Gasteiger partial charge < -0.3 is 9.84 Å². The summed E-state index contributed by atoms with van der Waals surface area (Å²) in [6.07, 6.45) is 5.45. The van der Waals surface area contributed by atoms with Crippen LogP contribution >= 0.6 is 0 Å². The van der Waals surface area contributed by atoms with E-state index >= 15 is 0 Å². The summed E-state index contributed by atoms with van der Waals surface area (Å²) < 4.78 is 18.7. The molecule has 0 amide bonds. The van der Waals surface area contributed by atoms with Gasteiger partial charge in [-0.15, -0.1) is 0 Å². The first-order valence-electron chi connectivity index (χ1n) is 7.98. The number of benzene rings is 1. The van der Waals surface area contributed by atoms with Gasteiger partial charge in [0.15, 0.2) is 11.6 Å². The van der Waals surface area contributed by atoms with Crippen LogP contribution in [-0.2, 0) is 6.42 Å². The summed E-state index contributed by atoms with van der Waals surface area (Å²) in [7, 11) is 1.46. The average molecular weight is 294 g/mol. The molecule has 1 aliphatic carbocycles. The van der Waals surface area contributed by atoms with Crippen LogP contribution in [0.3, 0.4) is 0 Å². The van der Waals surface area contributed by atoms with Gasteiger partial charge in [-0.05, 0) is 48.8 Å². The van der Waals surface area contributed by atoms with Gasteiger partial charge in [0, 0.05) is 6.42 Å². The second-order valence-electron chi connectivity index (χ2n) is 6.81. The van der Waals surface area contributed by atoms with Gasteiger partial charge in [-0.25, -0.2) is 4.39 Å². The summed E-state index contributed by atoms with van der Waals surface area (Å²) in [6, 6.07) is 4.98. The zero-order valence-corrected chi connectivity index (χ0v) is 13.4. The van der Waals surface area contributed by atoms with E-state index in [-0.39, 0.29) is 11.6 Å². The summed E-state index contributed by atoms with van der Waals surface area (Å²) >= 11 is 0. The molecule has 0 bridgehead atoms. The van der Waals surface area contributed by atoms with Crippen molar-refractivity contribution in [3.8, 4) is 5.75 Å². The normalized spacial score (nSPS) is 26.7. The molecule has 2 rings (SSSR count). The summed E-state index contributed by atoms with van der Waals surface area (Å²) in [4.78, 5) is 0. The summed E-state index contributed by atoms with van der Waals surface area (Å²) in [5, 5.41) is 10.9. The smallest absolute Gasteiger partial charge is 0.165 e. The van der Waals surface area contributed by atoms with E-state index in [0.717, 1.165) is 31.2 Å². The van der Waals surface area contributed by atoms with Crippen molar-refractivity contribution >= 4 is 0 Å². The molecule has 1 fully saturated rings. The number of hydrogen-bond acceptors (Lipinski definition) is 2. The number of ether oxygens (including phenoxy) is 1. The highest BCUT2D eigenvalue weighted by Gasteiger charge is 2.32. The van der Waals surface area contributed by atoms with Crippen molar-refractivity contribution in [1.82, 2.24) is 0 Å². The van der Waals surface area contributed by atoms with E-state index in [0.29, 0.717) is 18.3 Å². The first-order chi connectivity index (χ1) is 9.93. The highest BCUT2D eigenvalue weighted by Crippen LogP contribution is 2.36. The van der Waals surface area contributed by atoms with Crippen molar-refractivity contribution in [2.75, 3.05) is 7.11 Å². The van der Waals surface area contributed by atoms with Crippen LogP contribution in [0.5, 0.6) is 5.75 Å². The largest absolute Gasteiger partial charge is 0.494 e. The van der Waals surface area contributed by atoms with Crippen LogP contribution in [0.15, 0.2) is 18.2 Å². The highest BCUT2D eigenvalue weighted by atomic mass is 19.1. The van der Waals surface area contributed by atoms with Gasteiger partial charge in [0.05, 0.1) is 12.7 Å². The maximum absolute atomic E-state index is 13.8. The van der Waals surface area contributed by atoms with E-state index in [1.165, 1.54) is 19.6 Å². The summed E-state index contributed by atoms with van der Waals surface area (Å²) in [5.41, 5.74) is 0.156. The van der Waals surface area contributed by atoms with Crippen LogP contribution in [0, 0.1) is 17.7 Å². The third-order valence-electron chi connectivity index (χ3n) is 4.89. The molecule has 0 heterocycles. The van der Waals surface area contributed by atoms with E-state index in [9.17, 15) is 9.50 Å². The molecule has 2 unspecified atom stereocenters. The van der Waals surface area contributed by atoms with Gasteiger partial charge in [-0.3, -0.25) is 0 Å². The maximum atomic E-state index is 13.8. The number of halogens is 1. The Morgan fingerprint density at radius 2 is 2.10 bits per heavy atom. The molecule has 1 saturated carbocycles. The van der Waals surface area contributed by atoms with Crippen molar-refractivity contribution in [3.05, 3.63) is 29.6 Å². The number of rotatable bonds is 4. The minimum absolute atomic E-state index is 0.256. The first-order valence-corrected chi connectivity index (χ1v) is 7.98. The van der Waals surface area contributed by atoms with Gasteiger partial charge in [-0.1, -0.05) is 32.8 Å². The van der Waals surface area contributed by atoms with Gasteiger partial charge >= 0.3 is 0 Å². The lowest BCUT2D eigenvalue weighted by molar-refractivity contribution is 0.0236. The Bertz CT molecular complexity index is 472. The molecule has 2 atom stereocenters. The number of methoxy groups -OCH3 is 1. The lowest BCUT2D eigenvalue weighted by atomic mass is 9.85. The molecule has 0 spiro atoms. The van der Waals surface area contributed by atoms with E-state index in [2.05, 4.69) is 13.8 Å². The molecule has 21 heavy (non-hydrogen) atoms. The van der Waals surface area contributed by atoms with Gasteiger partial charge in [0.1, 0.15) is 0 Å². The Balaban J connectivity index is 2.05. The molecular formula is C18H27FO2. The quantitative estimate of drug-likeness (QED) is 0.837. The zero-order chi connectivity index (χ0) is 15.5. The molecule has 0 radical (unpaired) electrons. The average Bonchev–Trinajstić information content (AvgIpc) is 2.61. The van der Waals surface area contributed by atoms with Crippen LogP contribution in [0.1, 0.15) is 51.5 Å². The molecule has 1 N–H and O–H groups in total. The Morgan fingerprint density at radius 3 is 2.71 bits per heavy atom. The monoisotopic (exact) mass is 294 g/mol. The molecule has 3 heteroatoms. The van der Waals surface area contributed by atoms with Crippen molar-refractivity contribution in [2.45, 2.75) is 58.0 Å². The fourth-order valence-electron chi connectivity index (χ4n) is 3.46. The number of hydrogen-bond donors (Lipinski definition) is 1. The predicted molar refractivity (Wildman–Crippen MR) is 83.0 cm³/mol. The second-order valence-corrected chi connectivity index (χ2v) is 6.81. The molecule has 0 aliphatic heterocycles. The van der Waals surface area contributed by atoms with E-state index in [4.69, 9.17) is 4.74 Å². The Labute approximate surface area is 127 Å². The minimum atomic E-state index is -0.690. The van der Waals surface area contributed by atoms with Gasteiger partial charge in [0.2, 0.25) is 0 Å². The third kappa shape index (κ3) is 4.19. The fraction of sp³-hybridized carbons (Fsp3) is 0.667. The molecule has 1 aliphatic rings. The van der Waals surface area contributed by atoms with E-state index < -0.39 is 5.60 Å². The Morgan fingerprint density at radius 1 is 1.33 bits per heavy atom. The predicted octanol–water partition coefficient (Wildman–Crippen LogP) is 4.34.